The first-order valence-electron chi connectivity index (χ1n) is 8.76. The molecule has 0 radical (unpaired) electrons. The van der Waals surface area contributed by atoms with Gasteiger partial charge in [0.25, 0.3) is 5.91 Å². The average Bonchev–Trinajstić information content (AvgIpc) is 2.68. The van der Waals surface area contributed by atoms with Gasteiger partial charge in [-0.3, -0.25) is 14.4 Å². The highest BCUT2D eigenvalue weighted by molar-refractivity contribution is 6.39. The van der Waals surface area contributed by atoms with Crippen molar-refractivity contribution < 1.29 is 23.5 Å². The van der Waals surface area contributed by atoms with Crippen LogP contribution in [0.1, 0.15) is 19.4 Å². The number of carbonyl (C=O) groups excluding carboxylic acids is 3. The van der Waals surface area contributed by atoms with Crippen LogP contribution < -0.4 is 20.8 Å². The predicted molar refractivity (Wildman–Crippen MR) is 106 cm³/mol. The Morgan fingerprint density at radius 1 is 1.07 bits per heavy atom. The number of rotatable bonds is 7. The van der Waals surface area contributed by atoms with E-state index in [0.29, 0.717) is 11.3 Å². The lowest BCUT2D eigenvalue weighted by Crippen LogP contribution is -2.34. The van der Waals surface area contributed by atoms with Crippen LogP contribution in [0.2, 0.25) is 0 Å². The molecule has 3 amide bonds. The summed E-state index contributed by atoms with van der Waals surface area (Å²) < 4.78 is 18.8. The van der Waals surface area contributed by atoms with E-state index in [-0.39, 0.29) is 24.2 Å². The van der Waals surface area contributed by atoms with Crippen LogP contribution in [0.3, 0.4) is 0 Å². The molecule has 0 atom stereocenters. The zero-order valence-electron chi connectivity index (χ0n) is 15.9. The van der Waals surface area contributed by atoms with Crippen LogP contribution in [0.4, 0.5) is 10.1 Å². The molecule has 0 unspecified atom stereocenters. The van der Waals surface area contributed by atoms with Crippen molar-refractivity contribution >= 4 is 29.6 Å². The molecule has 0 bridgehead atoms. The SMILES string of the molecule is CC(C)NC(=O)COc1ccc(/C=N\NC(=O)C(=O)Nc2ccccc2F)cc1. The van der Waals surface area contributed by atoms with E-state index in [9.17, 15) is 18.8 Å². The van der Waals surface area contributed by atoms with Gasteiger partial charge < -0.3 is 15.4 Å². The number of hydrazone groups is 1. The fourth-order valence-corrected chi connectivity index (χ4v) is 2.12. The molecule has 0 aromatic heterocycles. The number of benzene rings is 2. The van der Waals surface area contributed by atoms with Gasteiger partial charge >= 0.3 is 11.8 Å². The molecule has 0 aliphatic heterocycles. The largest absolute Gasteiger partial charge is 0.484 e. The second-order valence-corrected chi connectivity index (χ2v) is 6.21. The Balaban J connectivity index is 1.80. The molecule has 3 N–H and O–H groups in total. The number of carbonyl (C=O) groups is 3. The molecule has 2 rings (SSSR count). The molecule has 0 saturated heterocycles. The molecule has 0 fully saturated rings. The quantitative estimate of drug-likeness (QED) is 0.374. The summed E-state index contributed by atoms with van der Waals surface area (Å²) in [5.74, 6) is -2.46. The number of nitrogens with one attached hydrogen (secondary N) is 3. The molecule has 0 aliphatic carbocycles. The van der Waals surface area contributed by atoms with E-state index in [1.807, 2.05) is 13.8 Å². The third-order valence-electron chi connectivity index (χ3n) is 3.41. The highest BCUT2D eigenvalue weighted by Gasteiger charge is 2.14. The van der Waals surface area contributed by atoms with Crippen molar-refractivity contribution in [2.75, 3.05) is 11.9 Å². The molecule has 2 aromatic carbocycles. The number of nitrogens with zero attached hydrogens (tertiary/aromatic N) is 1. The van der Waals surface area contributed by atoms with E-state index in [2.05, 4.69) is 21.2 Å². The lowest BCUT2D eigenvalue weighted by molar-refractivity contribution is -0.136. The van der Waals surface area contributed by atoms with Gasteiger partial charge in [-0.1, -0.05) is 12.1 Å². The Kier molecular flexibility index (Phi) is 7.84. The maximum absolute atomic E-state index is 13.5. The highest BCUT2D eigenvalue weighted by atomic mass is 19.1. The van der Waals surface area contributed by atoms with Gasteiger partial charge in [-0.2, -0.15) is 5.10 Å². The van der Waals surface area contributed by atoms with E-state index in [1.165, 1.54) is 24.4 Å². The summed E-state index contributed by atoms with van der Waals surface area (Å²) in [6.45, 7) is 3.61. The van der Waals surface area contributed by atoms with Gasteiger partial charge in [0.1, 0.15) is 11.6 Å². The third-order valence-corrected chi connectivity index (χ3v) is 3.41. The Hall–Kier alpha value is -3.75. The summed E-state index contributed by atoms with van der Waals surface area (Å²) in [5.41, 5.74) is 2.58. The summed E-state index contributed by atoms with van der Waals surface area (Å²) >= 11 is 0. The van der Waals surface area contributed by atoms with Crippen molar-refractivity contribution in [2.45, 2.75) is 19.9 Å². The molecule has 0 heterocycles. The number of halogens is 1. The zero-order chi connectivity index (χ0) is 21.2. The molecule has 9 heteroatoms. The molecular weight excluding hydrogens is 379 g/mol. The summed E-state index contributed by atoms with van der Waals surface area (Å²) in [7, 11) is 0. The standard InChI is InChI=1S/C20H21FN4O4/c1-13(2)23-18(26)12-29-15-9-7-14(8-10-15)11-22-25-20(28)19(27)24-17-6-4-3-5-16(17)21/h3-11,13H,12H2,1-2H3,(H,23,26)(H,24,27)(H,25,28)/b22-11-. The van der Waals surface area contributed by atoms with E-state index < -0.39 is 17.6 Å². The van der Waals surface area contributed by atoms with Gasteiger partial charge in [0, 0.05) is 6.04 Å². The number of anilines is 1. The fraction of sp³-hybridized carbons (Fsp3) is 0.200. The molecule has 152 valence electrons. The number of amides is 3. The molecule has 8 nitrogen and oxygen atoms in total. The van der Waals surface area contributed by atoms with Gasteiger partial charge in [0.15, 0.2) is 6.61 Å². The van der Waals surface area contributed by atoms with Crippen LogP contribution in [-0.4, -0.2) is 36.6 Å². The summed E-state index contributed by atoms with van der Waals surface area (Å²) in [5, 5.41) is 8.54. The number of hydrogen-bond donors (Lipinski definition) is 3. The number of ether oxygens (including phenoxy) is 1. The maximum atomic E-state index is 13.5. The van der Waals surface area contributed by atoms with Crippen LogP contribution in [-0.2, 0) is 14.4 Å². The van der Waals surface area contributed by atoms with Crippen molar-refractivity contribution in [2.24, 2.45) is 5.10 Å². The lowest BCUT2D eigenvalue weighted by Gasteiger charge is -2.09. The zero-order valence-corrected chi connectivity index (χ0v) is 15.9. The Morgan fingerprint density at radius 3 is 2.41 bits per heavy atom. The molecule has 29 heavy (non-hydrogen) atoms. The second-order valence-electron chi connectivity index (χ2n) is 6.21. The molecular formula is C20H21FN4O4. The van der Waals surface area contributed by atoms with Gasteiger partial charge in [-0.15, -0.1) is 0 Å². The third kappa shape index (κ3) is 7.41. The highest BCUT2D eigenvalue weighted by Crippen LogP contribution is 2.12. The Bertz CT molecular complexity index is 898. The summed E-state index contributed by atoms with van der Waals surface area (Å²) in [6.07, 6.45) is 1.32. The van der Waals surface area contributed by atoms with Crippen molar-refractivity contribution in [1.29, 1.82) is 0 Å². The van der Waals surface area contributed by atoms with E-state index in [0.717, 1.165) is 6.07 Å². The minimum atomic E-state index is -1.05. The van der Waals surface area contributed by atoms with E-state index in [4.69, 9.17) is 4.74 Å². The van der Waals surface area contributed by atoms with Crippen LogP contribution >= 0.6 is 0 Å². The second kappa shape index (κ2) is 10.5. The maximum Gasteiger partial charge on any atom is 0.329 e. The fourth-order valence-electron chi connectivity index (χ4n) is 2.12. The molecule has 0 spiro atoms. The van der Waals surface area contributed by atoms with Crippen LogP contribution in [0, 0.1) is 5.82 Å². The first kappa shape index (κ1) is 21.5. The van der Waals surface area contributed by atoms with Crippen LogP contribution in [0.15, 0.2) is 53.6 Å². The lowest BCUT2D eigenvalue weighted by atomic mass is 10.2. The van der Waals surface area contributed by atoms with Gasteiger partial charge in [0.2, 0.25) is 0 Å². The smallest absolute Gasteiger partial charge is 0.329 e. The van der Waals surface area contributed by atoms with E-state index in [1.54, 1.807) is 24.3 Å². The summed E-state index contributed by atoms with van der Waals surface area (Å²) in [4.78, 5) is 35.0. The average molecular weight is 400 g/mol. The van der Waals surface area contributed by atoms with Crippen molar-refractivity contribution in [3.8, 4) is 5.75 Å². The molecule has 0 aliphatic rings. The van der Waals surface area contributed by atoms with Crippen LogP contribution in [0.25, 0.3) is 0 Å². The van der Waals surface area contributed by atoms with Crippen molar-refractivity contribution in [3.63, 3.8) is 0 Å². The number of hydrogen-bond acceptors (Lipinski definition) is 5. The first-order chi connectivity index (χ1) is 13.8. The monoisotopic (exact) mass is 400 g/mol. The summed E-state index contributed by atoms with van der Waals surface area (Å²) in [6, 6.07) is 12.1. The van der Waals surface area contributed by atoms with Gasteiger partial charge in [0.05, 0.1) is 11.9 Å². The predicted octanol–water partition coefficient (Wildman–Crippen LogP) is 1.82. The van der Waals surface area contributed by atoms with Gasteiger partial charge in [-0.05, 0) is 55.8 Å². The number of para-hydroxylation sites is 1. The first-order valence-corrected chi connectivity index (χ1v) is 8.76. The normalized spacial score (nSPS) is 10.6. The van der Waals surface area contributed by atoms with E-state index >= 15 is 0 Å². The Labute approximate surface area is 167 Å². The van der Waals surface area contributed by atoms with Gasteiger partial charge in [-0.25, -0.2) is 9.82 Å². The minimum Gasteiger partial charge on any atom is -0.484 e. The molecule has 0 saturated carbocycles. The molecule has 2 aromatic rings. The Morgan fingerprint density at radius 2 is 1.76 bits per heavy atom. The van der Waals surface area contributed by atoms with Crippen LogP contribution in [0.5, 0.6) is 5.75 Å². The topological polar surface area (TPSA) is 109 Å². The minimum absolute atomic E-state index is 0.0358. The van der Waals surface area contributed by atoms with Crippen molar-refractivity contribution in [3.05, 3.63) is 59.9 Å². The van der Waals surface area contributed by atoms with Crippen molar-refractivity contribution in [1.82, 2.24) is 10.7 Å².